The molecule has 28 heavy (non-hydrogen) atoms. The van der Waals surface area contributed by atoms with Gasteiger partial charge < -0.3 is 0 Å². The molecule has 1 aliphatic heterocycles. The molecule has 9 heteroatoms. The molecule has 2 aromatic heterocycles. The number of carbonyl (C=O) groups excluding carboxylic acids is 3. The van der Waals surface area contributed by atoms with Crippen molar-refractivity contribution in [2.75, 3.05) is 11.4 Å². The van der Waals surface area contributed by atoms with Gasteiger partial charge in [0.2, 0.25) is 17.7 Å². The number of benzene rings is 1. The van der Waals surface area contributed by atoms with Gasteiger partial charge >= 0.3 is 0 Å². The molecule has 1 fully saturated rings. The SMILES string of the molecule is O=C1CCC(=O)N1CC(=O)N(Cc1cccnc1)c1nc2c(F)cccc2s1. The maximum atomic E-state index is 14.1. The number of likely N-dealkylation sites (tertiary alicyclic amines) is 1. The van der Waals surface area contributed by atoms with Crippen molar-refractivity contribution in [3.63, 3.8) is 0 Å². The predicted molar refractivity (Wildman–Crippen MR) is 101 cm³/mol. The normalized spacial score (nSPS) is 14.1. The Balaban J connectivity index is 1.68. The monoisotopic (exact) mass is 398 g/mol. The minimum Gasteiger partial charge on any atom is -0.282 e. The molecule has 0 atom stereocenters. The molecule has 0 spiro atoms. The lowest BCUT2D eigenvalue weighted by molar-refractivity contribution is -0.141. The van der Waals surface area contributed by atoms with Crippen molar-refractivity contribution < 1.29 is 18.8 Å². The fraction of sp³-hybridized carbons (Fsp3) is 0.211. The average Bonchev–Trinajstić information content (AvgIpc) is 3.26. The third kappa shape index (κ3) is 3.48. The maximum Gasteiger partial charge on any atom is 0.249 e. The molecule has 7 nitrogen and oxygen atoms in total. The van der Waals surface area contributed by atoms with E-state index >= 15 is 0 Å². The van der Waals surface area contributed by atoms with E-state index < -0.39 is 11.7 Å². The summed E-state index contributed by atoms with van der Waals surface area (Å²) in [5.41, 5.74) is 0.925. The Labute approximate surface area is 163 Å². The second-order valence-electron chi connectivity index (χ2n) is 6.30. The van der Waals surface area contributed by atoms with Crippen LogP contribution >= 0.6 is 11.3 Å². The molecule has 1 saturated heterocycles. The third-order valence-corrected chi connectivity index (χ3v) is 5.45. The summed E-state index contributed by atoms with van der Waals surface area (Å²) in [5.74, 6) is -1.67. The zero-order chi connectivity index (χ0) is 19.7. The van der Waals surface area contributed by atoms with Crippen molar-refractivity contribution in [2.45, 2.75) is 19.4 Å². The highest BCUT2D eigenvalue weighted by Gasteiger charge is 2.33. The van der Waals surface area contributed by atoms with Crippen molar-refractivity contribution in [2.24, 2.45) is 0 Å². The number of aromatic nitrogens is 2. The van der Waals surface area contributed by atoms with Crippen LogP contribution in [0.25, 0.3) is 10.2 Å². The number of thiazole rings is 1. The van der Waals surface area contributed by atoms with Crippen LogP contribution in [0.1, 0.15) is 18.4 Å². The molecule has 4 rings (SSSR count). The molecule has 1 aliphatic rings. The van der Waals surface area contributed by atoms with E-state index in [1.165, 1.54) is 22.3 Å². The molecule has 142 valence electrons. The number of pyridine rings is 1. The van der Waals surface area contributed by atoms with Crippen LogP contribution in [0.3, 0.4) is 0 Å². The van der Waals surface area contributed by atoms with Crippen LogP contribution in [-0.2, 0) is 20.9 Å². The lowest BCUT2D eigenvalue weighted by atomic mass is 10.2. The van der Waals surface area contributed by atoms with Crippen LogP contribution in [0, 0.1) is 5.82 Å². The van der Waals surface area contributed by atoms with Crippen LogP contribution in [0.4, 0.5) is 9.52 Å². The fourth-order valence-electron chi connectivity index (χ4n) is 2.98. The van der Waals surface area contributed by atoms with Crippen LogP contribution in [0.2, 0.25) is 0 Å². The standard InChI is InChI=1S/C19H15FN4O3S/c20-13-4-1-5-14-18(13)22-19(28-14)24(10-12-3-2-8-21-9-12)17(27)11-23-15(25)6-7-16(23)26/h1-5,8-9H,6-7,10-11H2. The number of amides is 3. The number of para-hydroxylation sites is 1. The summed E-state index contributed by atoms with van der Waals surface area (Å²) in [6, 6.07) is 8.14. The number of anilines is 1. The largest absolute Gasteiger partial charge is 0.282 e. The Kier molecular flexibility index (Phi) is 4.82. The highest BCUT2D eigenvalue weighted by molar-refractivity contribution is 7.22. The van der Waals surface area contributed by atoms with Gasteiger partial charge in [0, 0.05) is 25.2 Å². The Bertz CT molecular complexity index is 1050. The van der Waals surface area contributed by atoms with Gasteiger partial charge in [0.05, 0.1) is 11.2 Å². The number of imide groups is 1. The summed E-state index contributed by atoms with van der Waals surface area (Å²) >= 11 is 1.17. The van der Waals surface area contributed by atoms with Crippen molar-refractivity contribution in [1.29, 1.82) is 0 Å². The van der Waals surface area contributed by atoms with Crippen LogP contribution in [0.15, 0.2) is 42.7 Å². The highest BCUT2D eigenvalue weighted by Crippen LogP contribution is 2.31. The van der Waals surface area contributed by atoms with Gasteiger partial charge in [-0.25, -0.2) is 9.37 Å². The minimum atomic E-state index is -0.473. The number of hydrogen-bond donors (Lipinski definition) is 0. The molecule has 0 aliphatic carbocycles. The first-order chi connectivity index (χ1) is 13.5. The van der Waals surface area contributed by atoms with Gasteiger partial charge in [0.25, 0.3) is 0 Å². The minimum absolute atomic E-state index is 0.112. The van der Waals surface area contributed by atoms with Gasteiger partial charge in [0.15, 0.2) is 5.13 Å². The molecule has 3 aromatic rings. The molecule has 0 bridgehead atoms. The van der Waals surface area contributed by atoms with Crippen LogP contribution in [-0.4, -0.2) is 39.1 Å². The average molecular weight is 398 g/mol. The lowest BCUT2D eigenvalue weighted by Crippen LogP contribution is -2.42. The van der Waals surface area contributed by atoms with E-state index in [2.05, 4.69) is 9.97 Å². The molecular formula is C19H15FN4O3S. The fourth-order valence-corrected chi connectivity index (χ4v) is 3.97. The van der Waals surface area contributed by atoms with Crippen LogP contribution < -0.4 is 4.90 Å². The molecule has 0 radical (unpaired) electrons. The molecule has 0 saturated carbocycles. The van der Waals surface area contributed by atoms with Crippen LogP contribution in [0.5, 0.6) is 0 Å². The molecule has 0 unspecified atom stereocenters. The summed E-state index contributed by atoms with van der Waals surface area (Å²) in [6.45, 7) is -0.222. The number of carbonyl (C=O) groups is 3. The summed E-state index contributed by atoms with van der Waals surface area (Å²) in [4.78, 5) is 47.4. The Morgan fingerprint density at radius 2 is 1.96 bits per heavy atom. The molecule has 0 N–H and O–H groups in total. The first-order valence-electron chi connectivity index (χ1n) is 8.60. The number of nitrogens with zero attached hydrogens (tertiary/aromatic N) is 4. The van der Waals surface area contributed by atoms with E-state index in [1.54, 1.807) is 36.7 Å². The van der Waals surface area contributed by atoms with Gasteiger partial charge in [-0.3, -0.25) is 29.2 Å². The molecule has 3 amide bonds. The second-order valence-corrected chi connectivity index (χ2v) is 7.31. The van der Waals surface area contributed by atoms with Crippen molar-refractivity contribution in [1.82, 2.24) is 14.9 Å². The zero-order valence-electron chi connectivity index (χ0n) is 14.7. The van der Waals surface area contributed by atoms with E-state index in [4.69, 9.17) is 0 Å². The summed E-state index contributed by atoms with van der Waals surface area (Å²) in [7, 11) is 0. The van der Waals surface area contributed by atoms with E-state index in [0.29, 0.717) is 9.83 Å². The van der Waals surface area contributed by atoms with E-state index in [0.717, 1.165) is 10.5 Å². The summed E-state index contributed by atoms with van der Waals surface area (Å²) < 4.78 is 14.7. The van der Waals surface area contributed by atoms with E-state index in [9.17, 15) is 18.8 Å². The van der Waals surface area contributed by atoms with Crippen molar-refractivity contribution in [3.8, 4) is 0 Å². The molecule has 1 aromatic carbocycles. The Morgan fingerprint density at radius 3 is 2.64 bits per heavy atom. The third-order valence-electron chi connectivity index (χ3n) is 4.40. The van der Waals surface area contributed by atoms with Crippen molar-refractivity contribution in [3.05, 3.63) is 54.1 Å². The number of fused-ring (bicyclic) bond motifs is 1. The van der Waals surface area contributed by atoms with E-state index in [1.807, 2.05) is 0 Å². The Morgan fingerprint density at radius 1 is 1.18 bits per heavy atom. The van der Waals surface area contributed by atoms with Gasteiger partial charge in [-0.2, -0.15) is 0 Å². The van der Waals surface area contributed by atoms with Crippen molar-refractivity contribution >= 4 is 44.4 Å². The quantitative estimate of drug-likeness (QED) is 0.617. The number of halogens is 1. The Hall–Kier alpha value is -3.20. The second kappa shape index (κ2) is 7.43. The zero-order valence-corrected chi connectivity index (χ0v) is 15.5. The molecular weight excluding hydrogens is 383 g/mol. The lowest BCUT2D eigenvalue weighted by Gasteiger charge is -2.22. The highest BCUT2D eigenvalue weighted by atomic mass is 32.1. The van der Waals surface area contributed by atoms with Gasteiger partial charge in [-0.1, -0.05) is 23.5 Å². The maximum absolute atomic E-state index is 14.1. The topological polar surface area (TPSA) is 83.5 Å². The smallest absolute Gasteiger partial charge is 0.249 e. The first-order valence-corrected chi connectivity index (χ1v) is 9.42. The van der Waals surface area contributed by atoms with Gasteiger partial charge in [-0.15, -0.1) is 0 Å². The van der Waals surface area contributed by atoms with Gasteiger partial charge in [-0.05, 0) is 23.8 Å². The first kappa shape index (κ1) is 18.2. The summed E-state index contributed by atoms with van der Waals surface area (Å²) in [6.07, 6.45) is 3.45. The predicted octanol–water partition coefficient (Wildman–Crippen LogP) is 2.51. The van der Waals surface area contributed by atoms with Gasteiger partial charge in [0.1, 0.15) is 17.9 Å². The number of hydrogen-bond acceptors (Lipinski definition) is 6. The number of rotatable bonds is 5. The van der Waals surface area contributed by atoms with E-state index in [-0.39, 0.29) is 43.3 Å². The molecule has 3 heterocycles. The summed E-state index contributed by atoms with van der Waals surface area (Å²) in [5, 5.41) is 0.299.